The fourth-order valence-corrected chi connectivity index (χ4v) is 4.62. The van der Waals surface area contributed by atoms with Crippen LogP contribution in [0.2, 0.25) is 0 Å². The van der Waals surface area contributed by atoms with Gasteiger partial charge in [0.25, 0.3) is 0 Å². The zero-order valence-corrected chi connectivity index (χ0v) is 24.8. The minimum Gasteiger partial charge on any atom is -0.494 e. The molecule has 0 aliphatic rings. The van der Waals surface area contributed by atoms with Gasteiger partial charge in [-0.2, -0.15) is 0 Å². The molecule has 3 rings (SSSR count). The number of hydrogen-bond acceptors (Lipinski definition) is 4. The Labute approximate surface area is 237 Å². The van der Waals surface area contributed by atoms with E-state index in [-0.39, 0.29) is 6.10 Å². The van der Waals surface area contributed by atoms with Crippen LogP contribution in [0.3, 0.4) is 0 Å². The van der Waals surface area contributed by atoms with Crippen molar-refractivity contribution in [2.75, 3.05) is 13.2 Å². The van der Waals surface area contributed by atoms with Crippen molar-refractivity contribution >= 4 is 0 Å². The third-order valence-electron chi connectivity index (χ3n) is 7.58. The van der Waals surface area contributed by atoms with Gasteiger partial charge in [-0.3, -0.25) is 0 Å². The fourth-order valence-electron chi connectivity index (χ4n) is 4.62. The Hall–Kier alpha value is -2.72. The molecule has 2 aromatic carbocycles. The molecule has 212 valence electrons. The summed E-state index contributed by atoms with van der Waals surface area (Å²) in [7, 11) is 0. The van der Waals surface area contributed by atoms with Crippen LogP contribution in [0.5, 0.6) is 5.75 Å². The van der Waals surface area contributed by atoms with Crippen molar-refractivity contribution in [2.24, 2.45) is 5.92 Å². The molecule has 3 aromatic rings. The van der Waals surface area contributed by atoms with Gasteiger partial charge in [-0.05, 0) is 67.3 Å². The smallest absolute Gasteiger partial charge is 0.159 e. The molecule has 4 heteroatoms. The van der Waals surface area contributed by atoms with Gasteiger partial charge < -0.3 is 9.47 Å². The quantitative estimate of drug-likeness (QED) is 0.145. The Bertz CT molecular complexity index is 1030. The third-order valence-corrected chi connectivity index (χ3v) is 7.58. The van der Waals surface area contributed by atoms with E-state index >= 15 is 0 Å². The van der Waals surface area contributed by atoms with Crippen molar-refractivity contribution < 1.29 is 9.47 Å². The zero-order valence-electron chi connectivity index (χ0n) is 24.8. The van der Waals surface area contributed by atoms with Crippen LogP contribution in [0.1, 0.15) is 97.5 Å². The Morgan fingerprint density at radius 2 is 1.28 bits per heavy atom. The highest BCUT2D eigenvalue weighted by Gasteiger charge is 2.07. The molecule has 0 aliphatic carbocycles. The van der Waals surface area contributed by atoms with Crippen molar-refractivity contribution in [1.82, 2.24) is 9.97 Å². The molecule has 0 saturated carbocycles. The Morgan fingerprint density at radius 1 is 0.667 bits per heavy atom. The SMILES string of the molecule is CCCCCOc1ccc(-c2ccc(-c3ncc(CC[C@H](C)OCCCCCC[C@@H](C)CC)cn3)cc2)cc1. The number of rotatable bonds is 19. The molecular weight excluding hydrogens is 480 g/mol. The van der Waals surface area contributed by atoms with E-state index in [0.717, 1.165) is 61.1 Å². The predicted octanol–water partition coefficient (Wildman–Crippen LogP) is 9.71. The molecule has 4 nitrogen and oxygen atoms in total. The second kappa shape index (κ2) is 17.8. The van der Waals surface area contributed by atoms with Crippen LogP contribution in [0, 0.1) is 5.92 Å². The maximum atomic E-state index is 6.04. The molecule has 39 heavy (non-hydrogen) atoms. The number of aryl methyl sites for hydroxylation is 1. The van der Waals surface area contributed by atoms with Crippen molar-refractivity contribution in [1.29, 1.82) is 0 Å². The molecule has 0 N–H and O–H groups in total. The summed E-state index contributed by atoms with van der Waals surface area (Å²) in [6.45, 7) is 10.7. The molecule has 1 aromatic heterocycles. The number of benzene rings is 2. The largest absolute Gasteiger partial charge is 0.494 e. The van der Waals surface area contributed by atoms with E-state index in [9.17, 15) is 0 Å². The molecule has 0 fully saturated rings. The van der Waals surface area contributed by atoms with Gasteiger partial charge in [0.2, 0.25) is 0 Å². The van der Waals surface area contributed by atoms with Gasteiger partial charge in [0.15, 0.2) is 5.82 Å². The maximum absolute atomic E-state index is 6.04. The second-order valence-electron chi connectivity index (χ2n) is 11.0. The van der Waals surface area contributed by atoms with Crippen LogP contribution in [0.25, 0.3) is 22.5 Å². The monoisotopic (exact) mass is 530 g/mol. The lowest BCUT2D eigenvalue weighted by Gasteiger charge is -2.13. The molecule has 0 unspecified atom stereocenters. The lowest BCUT2D eigenvalue weighted by molar-refractivity contribution is 0.0576. The Balaban J connectivity index is 1.37. The number of aromatic nitrogens is 2. The van der Waals surface area contributed by atoms with Crippen molar-refractivity contribution in [3.63, 3.8) is 0 Å². The number of nitrogens with zero attached hydrogens (tertiary/aromatic N) is 2. The van der Waals surface area contributed by atoms with E-state index in [2.05, 4.69) is 86.2 Å². The summed E-state index contributed by atoms with van der Waals surface area (Å²) >= 11 is 0. The third kappa shape index (κ3) is 11.5. The normalized spacial score (nSPS) is 12.8. The zero-order chi connectivity index (χ0) is 27.7. The van der Waals surface area contributed by atoms with E-state index in [0.29, 0.717) is 0 Å². The summed E-state index contributed by atoms with van der Waals surface area (Å²) in [5.74, 6) is 2.57. The Kier molecular flexibility index (Phi) is 14.1. The lowest BCUT2D eigenvalue weighted by Crippen LogP contribution is -2.10. The van der Waals surface area contributed by atoms with Gasteiger partial charge in [-0.1, -0.05) is 102 Å². The maximum Gasteiger partial charge on any atom is 0.159 e. The lowest BCUT2D eigenvalue weighted by atomic mass is 10.0. The molecule has 0 amide bonds. The molecule has 0 radical (unpaired) electrons. The average molecular weight is 531 g/mol. The van der Waals surface area contributed by atoms with Crippen LogP contribution in [-0.4, -0.2) is 29.3 Å². The van der Waals surface area contributed by atoms with Crippen molar-refractivity contribution in [2.45, 2.75) is 104 Å². The summed E-state index contributed by atoms with van der Waals surface area (Å²) in [5, 5.41) is 0. The van der Waals surface area contributed by atoms with Crippen molar-refractivity contribution in [3.8, 4) is 28.3 Å². The first-order valence-corrected chi connectivity index (χ1v) is 15.3. The van der Waals surface area contributed by atoms with Gasteiger partial charge >= 0.3 is 0 Å². The first-order chi connectivity index (χ1) is 19.1. The van der Waals surface area contributed by atoms with Gasteiger partial charge in [0.1, 0.15) is 5.75 Å². The molecular formula is C35H50N2O2. The van der Waals surface area contributed by atoms with Crippen molar-refractivity contribution in [3.05, 3.63) is 66.5 Å². The molecule has 0 aliphatic heterocycles. The van der Waals surface area contributed by atoms with Crippen LogP contribution < -0.4 is 4.74 Å². The van der Waals surface area contributed by atoms with Gasteiger partial charge in [-0.15, -0.1) is 0 Å². The highest BCUT2D eigenvalue weighted by Crippen LogP contribution is 2.25. The fraction of sp³-hybridized carbons (Fsp3) is 0.543. The van der Waals surface area contributed by atoms with Crippen LogP contribution in [0.15, 0.2) is 60.9 Å². The van der Waals surface area contributed by atoms with Crippen LogP contribution in [0.4, 0.5) is 0 Å². The summed E-state index contributed by atoms with van der Waals surface area (Å²) in [6, 6.07) is 16.8. The van der Waals surface area contributed by atoms with Gasteiger partial charge in [-0.25, -0.2) is 9.97 Å². The molecule has 1 heterocycles. The predicted molar refractivity (Wildman–Crippen MR) is 164 cm³/mol. The molecule has 0 saturated heterocycles. The standard InChI is InChI=1S/C35H50N2O2/c1-5-7-11-25-39-34-22-20-32(21-23-34)31-16-18-33(19-17-31)35-36-26-30(27-37-35)15-14-29(4)38-24-12-9-8-10-13-28(3)6-2/h16-23,26-29H,5-15,24-25H2,1-4H3/t28-,29-/m0/s1. The van der Waals surface area contributed by atoms with E-state index in [4.69, 9.17) is 9.47 Å². The Morgan fingerprint density at radius 3 is 1.95 bits per heavy atom. The summed E-state index contributed by atoms with van der Waals surface area (Å²) in [6.07, 6.45) is 17.4. The highest BCUT2D eigenvalue weighted by molar-refractivity contribution is 5.68. The second-order valence-corrected chi connectivity index (χ2v) is 11.0. The average Bonchev–Trinajstić information content (AvgIpc) is 2.98. The first kappa shape index (κ1) is 30.8. The van der Waals surface area contributed by atoms with E-state index in [1.165, 1.54) is 62.5 Å². The highest BCUT2D eigenvalue weighted by atomic mass is 16.5. The molecule has 2 atom stereocenters. The molecule has 0 spiro atoms. The number of unbranched alkanes of at least 4 members (excludes halogenated alkanes) is 5. The van der Waals surface area contributed by atoms with Crippen LogP contribution in [-0.2, 0) is 11.2 Å². The van der Waals surface area contributed by atoms with Crippen LogP contribution >= 0.6 is 0 Å². The number of hydrogen-bond donors (Lipinski definition) is 0. The minimum atomic E-state index is 0.263. The van der Waals surface area contributed by atoms with E-state index in [1.807, 2.05) is 12.4 Å². The van der Waals surface area contributed by atoms with E-state index in [1.54, 1.807) is 0 Å². The van der Waals surface area contributed by atoms with E-state index < -0.39 is 0 Å². The summed E-state index contributed by atoms with van der Waals surface area (Å²) in [5.41, 5.74) is 4.54. The summed E-state index contributed by atoms with van der Waals surface area (Å²) in [4.78, 5) is 9.27. The van der Waals surface area contributed by atoms with Gasteiger partial charge in [0.05, 0.1) is 12.7 Å². The topological polar surface area (TPSA) is 44.2 Å². The summed E-state index contributed by atoms with van der Waals surface area (Å²) < 4.78 is 11.9. The minimum absolute atomic E-state index is 0.263. The first-order valence-electron chi connectivity index (χ1n) is 15.3. The molecule has 0 bridgehead atoms. The van der Waals surface area contributed by atoms with Gasteiger partial charge in [0, 0.05) is 24.6 Å². The number of ether oxygens (including phenoxy) is 2.